The van der Waals surface area contributed by atoms with E-state index in [0.717, 1.165) is 5.56 Å². The van der Waals surface area contributed by atoms with E-state index in [1.165, 1.54) is 0 Å². The van der Waals surface area contributed by atoms with Crippen LogP contribution in [0.25, 0.3) is 0 Å². The molecule has 25 heavy (non-hydrogen) atoms. The van der Waals surface area contributed by atoms with E-state index < -0.39 is 25.6 Å². The van der Waals surface area contributed by atoms with Gasteiger partial charge in [-0.3, -0.25) is 0 Å². The fourth-order valence-electron chi connectivity index (χ4n) is 3.02. The molecule has 1 saturated heterocycles. The summed E-state index contributed by atoms with van der Waals surface area (Å²) >= 11 is 0. The minimum Gasteiger partial charge on any atom is -0.444 e. The Morgan fingerprint density at radius 2 is 1.84 bits per heavy atom. The third kappa shape index (κ3) is 5.30. The summed E-state index contributed by atoms with van der Waals surface area (Å²) in [6, 6.07) is 9.60. The van der Waals surface area contributed by atoms with Crippen molar-refractivity contribution >= 4 is 14.4 Å². The predicted octanol–water partition coefficient (Wildman–Crippen LogP) is 3.74. The molecule has 0 saturated carbocycles. The zero-order valence-corrected chi connectivity index (χ0v) is 17.2. The molecule has 1 N–H and O–H groups in total. The Hall–Kier alpha value is -1.37. The normalized spacial score (nSPS) is 24.9. The van der Waals surface area contributed by atoms with Crippen LogP contribution in [-0.2, 0) is 14.8 Å². The van der Waals surface area contributed by atoms with Crippen LogP contribution in [-0.4, -0.2) is 49.2 Å². The largest absolute Gasteiger partial charge is 0.444 e. The van der Waals surface area contributed by atoms with Gasteiger partial charge in [0.1, 0.15) is 11.2 Å². The van der Waals surface area contributed by atoms with Crippen molar-refractivity contribution < 1.29 is 19.1 Å². The molecule has 6 heteroatoms. The second-order valence-electron chi connectivity index (χ2n) is 8.69. The fraction of sp³-hybridized carbons (Fsp3) is 0.632. The van der Waals surface area contributed by atoms with Crippen LogP contribution in [0.1, 0.15) is 32.8 Å². The standard InChI is InChI=1S/C19H31NO4Si/c1-18(2,3)23-17(21)20-13-12-19(22,15-10-8-7-9-11-15)16(14-20)24-25(4,5)6/h7-11,16,22H,12-14H2,1-6H3/t16-,19-/m0/s1. The predicted molar refractivity (Wildman–Crippen MR) is 101 cm³/mol. The maximum Gasteiger partial charge on any atom is 0.410 e. The molecule has 2 atom stereocenters. The van der Waals surface area contributed by atoms with Crippen molar-refractivity contribution in [3.63, 3.8) is 0 Å². The van der Waals surface area contributed by atoms with Gasteiger partial charge in [0.05, 0.1) is 12.6 Å². The first kappa shape index (κ1) is 19.9. The van der Waals surface area contributed by atoms with Crippen LogP contribution >= 0.6 is 0 Å². The third-order valence-corrected chi connectivity index (χ3v) is 5.09. The molecule has 2 rings (SSSR count). The van der Waals surface area contributed by atoms with Gasteiger partial charge >= 0.3 is 6.09 Å². The van der Waals surface area contributed by atoms with Crippen molar-refractivity contribution in [2.75, 3.05) is 13.1 Å². The van der Waals surface area contributed by atoms with Crippen molar-refractivity contribution in [2.24, 2.45) is 0 Å². The molecule has 1 amide bonds. The van der Waals surface area contributed by atoms with Crippen LogP contribution in [0.4, 0.5) is 4.79 Å². The van der Waals surface area contributed by atoms with Crippen molar-refractivity contribution in [1.29, 1.82) is 0 Å². The molecule has 0 bridgehead atoms. The lowest BCUT2D eigenvalue weighted by atomic mass is 9.82. The summed E-state index contributed by atoms with van der Waals surface area (Å²) in [6.45, 7) is 12.6. The molecule has 0 unspecified atom stereocenters. The molecule has 0 spiro atoms. The van der Waals surface area contributed by atoms with Gasteiger partial charge in [-0.2, -0.15) is 0 Å². The summed E-state index contributed by atoms with van der Waals surface area (Å²) in [7, 11) is -1.92. The molecule has 0 aromatic heterocycles. The molecule has 5 nitrogen and oxygen atoms in total. The van der Waals surface area contributed by atoms with E-state index in [2.05, 4.69) is 19.6 Å². The number of benzene rings is 1. The lowest BCUT2D eigenvalue weighted by Crippen LogP contribution is -2.58. The van der Waals surface area contributed by atoms with Gasteiger partial charge in [0, 0.05) is 13.0 Å². The summed E-state index contributed by atoms with van der Waals surface area (Å²) in [6.07, 6.45) is -0.402. The number of hydrogen-bond donors (Lipinski definition) is 1. The van der Waals surface area contributed by atoms with E-state index in [9.17, 15) is 9.90 Å². The molecule has 1 aromatic carbocycles. The van der Waals surface area contributed by atoms with Crippen molar-refractivity contribution in [1.82, 2.24) is 4.90 Å². The van der Waals surface area contributed by atoms with Gasteiger partial charge in [-0.1, -0.05) is 30.3 Å². The van der Waals surface area contributed by atoms with Gasteiger partial charge in [-0.25, -0.2) is 4.79 Å². The minimum absolute atomic E-state index is 0.324. The second kappa shape index (κ2) is 7.09. The highest BCUT2D eigenvalue weighted by atomic mass is 28.4. The van der Waals surface area contributed by atoms with Crippen molar-refractivity contribution in [2.45, 2.75) is 64.1 Å². The van der Waals surface area contributed by atoms with Crippen LogP contribution in [0, 0.1) is 0 Å². The molecule has 1 fully saturated rings. The number of carbonyl (C=O) groups is 1. The Bertz CT molecular complexity index is 594. The van der Waals surface area contributed by atoms with Crippen molar-refractivity contribution in [3.8, 4) is 0 Å². The first-order chi connectivity index (χ1) is 11.4. The Balaban J connectivity index is 2.25. The van der Waals surface area contributed by atoms with E-state index >= 15 is 0 Å². The zero-order chi connectivity index (χ0) is 18.9. The molecule has 140 valence electrons. The highest BCUT2D eigenvalue weighted by molar-refractivity contribution is 6.69. The number of piperidine rings is 1. The maximum absolute atomic E-state index is 12.5. The number of carbonyl (C=O) groups excluding carboxylic acids is 1. The topological polar surface area (TPSA) is 59.0 Å². The summed E-state index contributed by atoms with van der Waals surface area (Å²) < 4.78 is 11.8. The number of rotatable bonds is 3. The van der Waals surface area contributed by atoms with Crippen molar-refractivity contribution in [3.05, 3.63) is 35.9 Å². The first-order valence-electron chi connectivity index (χ1n) is 8.84. The van der Waals surface area contributed by atoms with Crippen LogP contribution in [0.5, 0.6) is 0 Å². The van der Waals surface area contributed by atoms with E-state index in [1.54, 1.807) is 4.90 Å². The Labute approximate surface area is 152 Å². The quantitative estimate of drug-likeness (QED) is 0.829. The molecule has 1 aliphatic rings. The molecule has 0 aliphatic carbocycles. The van der Waals surface area contributed by atoms with Crippen LogP contribution < -0.4 is 0 Å². The molecular weight excluding hydrogens is 334 g/mol. The van der Waals surface area contributed by atoms with Crippen LogP contribution in [0.2, 0.25) is 19.6 Å². The third-order valence-electron chi connectivity index (χ3n) is 4.10. The van der Waals surface area contributed by atoms with E-state index in [1.807, 2.05) is 51.1 Å². The van der Waals surface area contributed by atoms with Gasteiger partial charge in [0.15, 0.2) is 8.32 Å². The number of hydrogen-bond acceptors (Lipinski definition) is 4. The second-order valence-corrected chi connectivity index (χ2v) is 13.1. The Kier molecular flexibility index (Phi) is 5.66. The molecule has 1 heterocycles. The summed E-state index contributed by atoms with van der Waals surface area (Å²) in [5.74, 6) is 0. The monoisotopic (exact) mass is 365 g/mol. The number of nitrogens with zero attached hydrogens (tertiary/aromatic N) is 1. The summed E-state index contributed by atoms with van der Waals surface area (Å²) in [5.41, 5.74) is -0.804. The molecular formula is C19H31NO4Si. The highest BCUT2D eigenvalue weighted by Crippen LogP contribution is 2.36. The van der Waals surface area contributed by atoms with Gasteiger partial charge in [0.2, 0.25) is 0 Å². The van der Waals surface area contributed by atoms with E-state index in [0.29, 0.717) is 19.5 Å². The molecule has 1 aliphatic heterocycles. The highest BCUT2D eigenvalue weighted by Gasteiger charge is 2.46. The van der Waals surface area contributed by atoms with Gasteiger partial charge in [0.25, 0.3) is 0 Å². The number of likely N-dealkylation sites (tertiary alicyclic amines) is 1. The number of ether oxygens (including phenoxy) is 1. The summed E-state index contributed by atoms with van der Waals surface area (Å²) in [4.78, 5) is 14.1. The van der Waals surface area contributed by atoms with Gasteiger partial charge in [-0.05, 0) is 46.0 Å². The number of amides is 1. The lowest BCUT2D eigenvalue weighted by molar-refractivity contribution is -0.115. The SMILES string of the molecule is CC(C)(C)OC(=O)N1CC[C@](O)(c2ccccc2)[C@@H](O[Si](C)(C)C)C1. The fourth-order valence-corrected chi connectivity index (χ4v) is 4.14. The zero-order valence-electron chi connectivity index (χ0n) is 16.2. The summed E-state index contributed by atoms with van der Waals surface area (Å²) in [5, 5.41) is 11.4. The first-order valence-corrected chi connectivity index (χ1v) is 12.3. The maximum atomic E-state index is 12.5. The Morgan fingerprint density at radius 3 is 2.36 bits per heavy atom. The van der Waals surface area contributed by atoms with Gasteiger partial charge < -0.3 is 19.2 Å². The molecule has 1 aromatic rings. The van der Waals surface area contributed by atoms with Gasteiger partial charge in [-0.15, -0.1) is 0 Å². The Morgan fingerprint density at radius 1 is 1.24 bits per heavy atom. The smallest absolute Gasteiger partial charge is 0.410 e. The minimum atomic E-state index is -1.92. The van der Waals surface area contributed by atoms with E-state index in [-0.39, 0.29) is 6.09 Å². The van der Waals surface area contributed by atoms with Crippen LogP contribution in [0.15, 0.2) is 30.3 Å². The lowest BCUT2D eigenvalue weighted by Gasteiger charge is -2.46. The average molecular weight is 366 g/mol. The van der Waals surface area contributed by atoms with Crippen LogP contribution in [0.3, 0.4) is 0 Å². The molecule has 0 radical (unpaired) electrons. The average Bonchev–Trinajstić information content (AvgIpc) is 2.47. The van der Waals surface area contributed by atoms with E-state index in [4.69, 9.17) is 9.16 Å². The number of aliphatic hydroxyl groups is 1.